The van der Waals surface area contributed by atoms with E-state index < -0.39 is 10.8 Å². The third-order valence-corrected chi connectivity index (χ3v) is 4.51. The fourth-order valence-electron chi connectivity index (χ4n) is 2.13. The zero-order chi connectivity index (χ0) is 14.0. The van der Waals surface area contributed by atoms with Crippen LogP contribution in [0.25, 0.3) is 0 Å². The first kappa shape index (κ1) is 13.8. The van der Waals surface area contributed by atoms with Gasteiger partial charge in [-0.2, -0.15) is 5.10 Å². The molecule has 0 bridgehead atoms. The van der Waals surface area contributed by atoms with E-state index in [0.29, 0.717) is 11.4 Å². The number of benzene rings is 1. The number of anilines is 1. The zero-order valence-electron chi connectivity index (χ0n) is 11.5. The first-order valence-electron chi connectivity index (χ1n) is 6.29. The van der Waals surface area contributed by atoms with Gasteiger partial charge in [0.15, 0.2) is 0 Å². The van der Waals surface area contributed by atoms with Crippen molar-refractivity contribution in [1.29, 1.82) is 0 Å². The van der Waals surface area contributed by atoms with Crippen LogP contribution in [0.5, 0.6) is 0 Å². The molecule has 0 saturated heterocycles. The molecule has 1 aromatic carbocycles. The van der Waals surface area contributed by atoms with E-state index in [1.54, 1.807) is 6.07 Å². The Hall–Kier alpha value is -1.62. The molecule has 2 aromatic rings. The molecular weight excluding hydrogens is 258 g/mol. The second kappa shape index (κ2) is 5.57. The van der Waals surface area contributed by atoms with Gasteiger partial charge in [-0.15, -0.1) is 0 Å². The Bertz CT molecular complexity index is 619. The lowest BCUT2D eigenvalue weighted by Crippen LogP contribution is -2.07. The minimum absolute atomic E-state index is 0.486. The second-order valence-electron chi connectivity index (χ2n) is 4.61. The maximum Gasteiger partial charge on any atom is 0.0702 e. The Morgan fingerprint density at radius 2 is 2.05 bits per heavy atom. The molecule has 0 aliphatic rings. The van der Waals surface area contributed by atoms with Gasteiger partial charge in [0.25, 0.3) is 0 Å². The standard InChI is InChI=1S/C14H19N3OS/c1-4-17-13(8-11(3)16-17)9-19(18)14-6-5-12(15)7-10(14)2/h5-8H,4,9,15H2,1-3H3. The maximum absolute atomic E-state index is 12.5. The van der Waals surface area contributed by atoms with Crippen LogP contribution in [0.4, 0.5) is 5.69 Å². The molecule has 1 aromatic heterocycles. The Balaban J connectivity index is 2.25. The van der Waals surface area contributed by atoms with E-state index in [1.807, 2.05) is 43.7 Å². The van der Waals surface area contributed by atoms with Crippen LogP contribution in [0.15, 0.2) is 29.2 Å². The van der Waals surface area contributed by atoms with E-state index in [2.05, 4.69) is 5.10 Å². The van der Waals surface area contributed by atoms with E-state index >= 15 is 0 Å². The Morgan fingerprint density at radius 1 is 1.32 bits per heavy atom. The molecule has 19 heavy (non-hydrogen) atoms. The largest absolute Gasteiger partial charge is 0.399 e. The van der Waals surface area contributed by atoms with Crippen molar-refractivity contribution in [3.63, 3.8) is 0 Å². The van der Waals surface area contributed by atoms with Crippen molar-refractivity contribution in [3.05, 3.63) is 41.2 Å². The summed E-state index contributed by atoms with van der Waals surface area (Å²) < 4.78 is 14.4. The maximum atomic E-state index is 12.5. The highest BCUT2D eigenvalue weighted by Crippen LogP contribution is 2.19. The van der Waals surface area contributed by atoms with E-state index in [9.17, 15) is 4.21 Å². The summed E-state index contributed by atoms with van der Waals surface area (Å²) in [6.07, 6.45) is 0. The van der Waals surface area contributed by atoms with Gasteiger partial charge < -0.3 is 5.73 Å². The van der Waals surface area contributed by atoms with Crippen molar-refractivity contribution in [1.82, 2.24) is 9.78 Å². The molecule has 4 nitrogen and oxygen atoms in total. The van der Waals surface area contributed by atoms with Gasteiger partial charge in [0.2, 0.25) is 0 Å². The molecule has 0 aliphatic carbocycles. The topological polar surface area (TPSA) is 60.9 Å². The number of nitrogens with zero attached hydrogens (tertiary/aromatic N) is 2. The van der Waals surface area contributed by atoms with E-state index in [0.717, 1.165) is 28.4 Å². The molecule has 0 spiro atoms. The number of hydrogen-bond donors (Lipinski definition) is 1. The van der Waals surface area contributed by atoms with Crippen LogP contribution in [0, 0.1) is 13.8 Å². The lowest BCUT2D eigenvalue weighted by molar-refractivity contribution is 0.627. The highest BCUT2D eigenvalue weighted by molar-refractivity contribution is 7.84. The SMILES string of the molecule is CCn1nc(C)cc1CS(=O)c1ccc(N)cc1C. The second-order valence-corrected chi connectivity index (χ2v) is 6.03. The van der Waals surface area contributed by atoms with Crippen LogP contribution in [0.3, 0.4) is 0 Å². The summed E-state index contributed by atoms with van der Waals surface area (Å²) in [6, 6.07) is 7.49. The van der Waals surface area contributed by atoms with Crippen LogP contribution < -0.4 is 5.73 Å². The molecule has 0 saturated carbocycles. The normalized spacial score (nSPS) is 12.6. The Morgan fingerprint density at radius 3 is 2.68 bits per heavy atom. The fraction of sp³-hybridized carbons (Fsp3) is 0.357. The van der Waals surface area contributed by atoms with Crippen LogP contribution >= 0.6 is 0 Å². The minimum atomic E-state index is -1.07. The number of aromatic nitrogens is 2. The number of aryl methyl sites for hydroxylation is 3. The first-order valence-corrected chi connectivity index (χ1v) is 7.61. The average Bonchev–Trinajstić information content (AvgIpc) is 2.69. The molecule has 0 amide bonds. The highest BCUT2D eigenvalue weighted by atomic mass is 32.2. The summed E-state index contributed by atoms with van der Waals surface area (Å²) in [5.41, 5.74) is 9.36. The van der Waals surface area contributed by atoms with Crippen LogP contribution in [0.1, 0.15) is 23.9 Å². The zero-order valence-corrected chi connectivity index (χ0v) is 12.3. The molecule has 5 heteroatoms. The summed E-state index contributed by atoms with van der Waals surface area (Å²) in [5.74, 6) is 0.486. The summed E-state index contributed by atoms with van der Waals surface area (Å²) in [5, 5.41) is 4.37. The molecular formula is C14H19N3OS. The van der Waals surface area contributed by atoms with Crippen LogP contribution in [-0.4, -0.2) is 14.0 Å². The van der Waals surface area contributed by atoms with Crippen molar-refractivity contribution in [2.45, 2.75) is 38.0 Å². The molecule has 1 unspecified atom stereocenters. The van der Waals surface area contributed by atoms with Crippen molar-refractivity contribution in [2.24, 2.45) is 0 Å². The van der Waals surface area contributed by atoms with Gasteiger partial charge in [0.05, 0.1) is 27.9 Å². The summed E-state index contributed by atoms with van der Waals surface area (Å²) in [4.78, 5) is 0.843. The Kier molecular flexibility index (Phi) is 4.04. The van der Waals surface area contributed by atoms with E-state index in [-0.39, 0.29) is 0 Å². The van der Waals surface area contributed by atoms with Gasteiger partial charge in [-0.25, -0.2) is 0 Å². The number of hydrogen-bond acceptors (Lipinski definition) is 3. The molecule has 1 heterocycles. The van der Waals surface area contributed by atoms with E-state index in [4.69, 9.17) is 5.73 Å². The Labute approximate surface area is 116 Å². The number of nitrogen functional groups attached to an aromatic ring is 1. The summed E-state index contributed by atoms with van der Waals surface area (Å²) in [6.45, 7) is 6.72. The molecule has 102 valence electrons. The van der Waals surface area contributed by atoms with Gasteiger partial charge in [-0.05, 0) is 50.6 Å². The van der Waals surface area contributed by atoms with Crippen molar-refractivity contribution in [2.75, 3.05) is 5.73 Å². The predicted octanol–water partition coefficient (Wildman–Crippen LogP) is 2.41. The number of rotatable bonds is 4. The van der Waals surface area contributed by atoms with Crippen LogP contribution in [0.2, 0.25) is 0 Å². The third kappa shape index (κ3) is 3.04. The van der Waals surface area contributed by atoms with Crippen LogP contribution in [-0.2, 0) is 23.1 Å². The molecule has 2 rings (SSSR count). The first-order chi connectivity index (χ1) is 9.01. The van der Waals surface area contributed by atoms with Gasteiger partial charge in [-0.1, -0.05) is 0 Å². The van der Waals surface area contributed by atoms with Crippen molar-refractivity contribution < 1.29 is 4.21 Å². The average molecular weight is 277 g/mol. The minimum Gasteiger partial charge on any atom is -0.399 e. The lowest BCUT2D eigenvalue weighted by Gasteiger charge is -2.08. The predicted molar refractivity (Wildman–Crippen MR) is 78.3 cm³/mol. The van der Waals surface area contributed by atoms with Gasteiger partial charge in [-0.3, -0.25) is 8.89 Å². The number of nitrogens with two attached hydrogens (primary N) is 1. The summed E-state index contributed by atoms with van der Waals surface area (Å²) in [7, 11) is -1.07. The smallest absolute Gasteiger partial charge is 0.0702 e. The van der Waals surface area contributed by atoms with Gasteiger partial charge in [0, 0.05) is 17.1 Å². The quantitative estimate of drug-likeness (QED) is 0.873. The lowest BCUT2D eigenvalue weighted by atomic mass is 10.2. The molecule has 0 aliphatic heterocycles. The van der Waals surface area contributed by atoms with Gasteiger partial charge >= 0.3 is 0 Å². The van der Waals surface area contributed by atoms with Crippen molar-refractivity contribution >= 4 is 16.5 Å². The molecule has 0 fully saturated rings. The fourth-order valence-corrected chi connectivity index (χ4v) is 3.42. The van der Waals surface area contributed by atoms with Crippen molar-refractivity contribution in [3.8, 4) is 0 Å². The molecule has 2 N–H and O–H groups in total. The monoisotopic (exact) mass is 277 g/mol. The summed E-state index contributed by atoms with van der Waals surface area (Å²) >= 11 is 0. The molecule has 0 radical (unpaired) electrons. The third-order valence-electron chi connectivity index (χ3n) is 3.01. The molecule has 1 atom stereocenters. The van der Waals surface area contributed by atoms with E-state index in [1.165, 1.54) is 0 Å². The highest BCUT2D eigenvalue weighted by Gasteiger charge is 2.12. The van der Waals surface area contributed by atoms with Gasteiger partial charge in [0.1, 0.15) is 0 Å².